The van der Waals surface area contributed by atoms with Crippen molar-refractivity contribution in [3.05, 3.63) is 36.2 Å². The van der Waals surface area contributed by atoms with Gasteiger partial charge in [-0.2, -0.15) is 4.98 Å². The maximum absolute atomic E-state index is 15.1. The maximum atomic E-state index is 15.1. The van der Waals surface area contributed by atoms with Crippen molar-refractivity contribution in [1.82, 2.24) is 15.0 Å². The molecule has 0 unspecified atom stereocenters. The molecule has 0 radical (unpaired) electrons. The van der Waals surface area contributed by atoms with Gasteiger partial charge in [-0.3, -0.25) is 9.69 Å². The second-order valence-corrected chi connectivity index (χ2v) is 8.69. The fraction of sp³-hybridized carbons (Fsp3) is 0.304. The number of phosphoric acid groups is 1. The van der Waals surface area contributed by atoms with Crippen LogP contribution in [-0.4, -0.2) is 54.5 Å². The predicted molar refractivity (Wildman–Crippen MR) is 135 cm³/mol. The Labute approximate surface area is 296 Å². The first-order valence-electron chi connectivity index (χ1n) is 15.2. The van der Waals surface area contributed by atoms with Gasteiger partial charge in [0.05, 0.1) is 39.4 Å². The number of amides is 1. The van der Waals surface area contributed by atoms with Crippen molar-refractivity contribution in [3.63, 3.8) is 0 Å². The molecule has 0 bridgehead atoms. The van der Waals surface area contributed by atoms with Crippen LogP contribution in [0.15, 0.2) is 30.4 Å². The number of anilines is 5. The van der Waals surface area contributed by atoms with E-state index in [2.05, 4.69) is 30.1 Å². The van der Waals surface area contributed by atoms with Crippen LogP contribution in [0.25, 0.3) is 0 Å². The Kier molecular flexibility index (Phi) is 8.32. The van der Waals surface area contributed by atoms with E-state index in [4.69, 9.17) is 31.3 Å². The molecule has 1 aliphatic rings. The van der Waals surface area contributed by atoms with Crippen molar-refractivity contribution in [1.29, 1.82) is 0 Å². The number of carbonyl (C=O) groups is 1. The van der Waals surface area contributed by atoms with Crippen LogP contribution in [0, 0.1) is 5.82 Å². The number of rotatable bonds is 10. The molecule has 214 valence electrons. The second-order valence-electron chi connectivity index (χ2n) is 7.54. The minimum atomic E-state index is -5.83. The van der Waals surface area contributed by atoms with Gasteiger partial charge in [-0.25, -0.2) is 14.4 Å². The molecule has 3 aromatic rings. The van der Waals surface area contributed by atoms with Crippen LogP contribution in [0.1, 0.15) is 26.0 Å². The second kappa shape index (κ2) is 14.5. The first kappa shape index (κ1) is 24.1. The van der Waals surface area contributed by atoms with E-state index in [9.17, 15) is 19.1 Å². The quantitative estimate of drug-likeness (QED) is 0.161. The van der Waals surface area contributed by atoms with E-state index in [1.807, 2.05) is 0 Å². The topological polar surface area (TPSA) is 192 Å². The molecule has 19 heteroatoms. The van der Waals surface area contributed by atoms with Gasteiger partial charge in [-0.1, -0.05) is 0 Å². The molecule has 3 heterocycles. The van der Waals surface area contributed by atoms with E-state index >= 15 is 4.39 Å². The van der Waals surface area contributed by atoms with E-state index in [0.717, 1.165) is 12.1 Å². The van der Waals surface area contributed by atoms with Crippen LogP contribution in [-0.2, 0) is 13.9 Å². The molecule has 0 fully saturated rings. The van der Waals surface area contributed by atoms with Gasteiger partial charge >= 0.3 is 59.1 Å². The first-order valence-corrected chi connectivity index (χ1v) is 12.1. The Morgan fingerprint density at radius 2 is 1.79 bits per heavy atom. The largest absolute Gasteiger partial charge is 1.00 e. The summed E-state index contributed by atoms with van der Waals surface area (Å²) in [7, 11) is -2.12. The van der Waals surface area contributed by atoms with E-state index in [1.54, 1.807) is 0 Å². The van der Waals surface area contributed by atoms with E-state index in [0.29, 0.717) is 0 Å². The average Bonchev–Trinajstić information content (AvgIpc) is 2.99. The third-order valence-electron chi connectivity index (χ3n) is 4.92. The summed E-state index contributed by atoms with van der Waals surface area (Å²) >= 11 is 0. The standard InChI is InChI=1S/C23H26FN6O9P.2Na/c1-23(2)21(31)30(11-38-40(32,33)34)20-14(39-23)6-7-17(28-20)27-19-13(24)10-25-22(29-19)26-12-8-15(35-3)18(37-5)16(9-12)36-4;;/h6-10H,11H2,1-5H3,(H2,32,33,34)(H2,25,26,27,28,29);;/q;2*+1/p-2/i1D3,2D3,8D,9D,10D;;. The van der Waals surface area contributed by atoms with Crippen LogP contribution in [0.2, 0.25) is 0 Å². The van der Waals surface area contributed by atoms with Gasteiger partial charge in [0.25, 0.3) is 5.91 Å². The summed E-state index contributed by atoms with van der Waals surface area (Å²) in [5.41, 5.74) is -3.90. The van der Waals surface area contributed by atoms with Gasteiger partial charge in [0.2, 0.25) is 11.7 Å². The molecule has 42 heavy (non-hydrogen) atoms. The van der Waals surface area contributed by atoms with Crippen molar-refractivity contribution in [2.45, 2.75) is 19.3 Å². The van der Waals surface area contributed by atoms with Crippen molar-refractivity contribution in [2.75, 3.05) is 43.6 Å². The summed E-state index contributed by atoms with van der Waals surface area (Å²) < 4.78 is 123. The Bertz CT molecular complexity index is 1810. The molecule has 1 aromatic carbocycles. The maximum Gasteiger partial charge on any atom is 1.00 e. The molecule has 0 atom stereocenters. The van der Waals surface area contributed by atoms with Gasteiger partial charge in [-0.15, -0.1) is 0 Å². The number of phosphoric ester groups is 1. The molecule has 0 spiro atoms. The monoisotopic (exact) mass is 633 g/mol. The Morgan fingerprint density at radius 3 is 2.36 bits per heavy atom. The summed E-state index contributed by atoms with van der Waals surface area (Å²) in [6, 6.07) is 1.05. The predicted octanol–water partition coefficient (Wildman–Crippen LogP) is -4.16. The van der Waals surface area contributed by atoms with Crippen LogP contribution in [0.4, 0.5) is 33.5 Å². The van der Waals surface area contributed by atoms with Gasteiger partial charge in [0.15, 0.2) is 40.3 Å². The van der Waals surface area contributed by atoms with Crippen LogP contribution in [0.3, 0.4) is 0 Å². The van der Waals surface area contributed by atoms with E-state index in [1.165, 1.54) is 21.3 Å². The van der Waals surface area contributed by atoms with E-state index in [-0.39, 0.29) is 87.0 Å². The SMILES string of the molecule is [2H]c1nc(Nc2c([2H])c(OC)c(OC)c(OC)c2[2H])nc(Nc2ccc3c(n2)N(COP(=O)([O-])[O-])C(=O)C(C([2H])([2H])[2H])(C([2H])([2H])[2H])O3)c1F.[Na+].[Na+]. The number of nitrogens with one attached hydrogen (secondary N) is 2. The number of pyridine rings is 1. The zero-order valence-electron chi connectivity index (χ0n) is 31.7. The summed E-state index contributed by atoms with van der Waals surface area (Å²) in [4.78, 5) is 47.6. The smallest absolute Gasteiger partial charge is 0.790 e. The minimum absolute atomic E-state index is 0. The number of fused-ring (bicyclic) bond motifs is 1. The summed E-state index contributed by atoms with van der Waals surface area (Å²) in [5, 5.41) is 4.90. The van der Waals surface area contributed by atoms with Crippen molar-refractivity contribution in [2.24, 2.45) is 0 Å². The zero-order valence-corrected chi connectivity index (χ0v) is 27.5. The summed E-state index contributed by atoms with van der Waals surface area (Å²) in [5.74, 6) is -6.75. The molecule has 1 aliphatic heterocycles. The molecular formula is C23H24FN6Na2O9P. The Balaban J connectivity index is 0.00000451. The summed E-state index contributed by atoms with van der Waals surface area (Å²) in [6.45, 7) is -8.89. The molecule has 0 saturated heterocycles. The molecule has 15 nitrogen and oxygen atoms in total. The Morgan fingerprint density at radius 1 is 1.12 bits per heavy atom. The number of methoxy groups -OCH3 is 3. The van der Waals surface area contributed by atoms with Crippen molar-refractivity contribution >= 4 is 42.8 Å². The average molecular weight is 633 g/mol. The van der Waals surface area contributed by atoms with Gasteiger partial charge < -0.3 is 48.5 Å². The third-order valence-corrected chi connectivity index (χ3v) is 5.35. The molecule has 1 amide bonds. The first-order chi connectivity index (χ1) is 22.6. The number of hydrogen-bond acceptors (Lipinski definition) is 14. The number of ether oxygens (including phenoxy) is 4. The fourth-order valence-electron chi connectivity index (χ4n) is 3.24. The normalized spacial score (nSPS) is 17.2. The molecular weight excluding hydrogens is 600 g/mol. The van der Waals surface area contributed by atoms with Gasteiger partial charge in [-0.05, 0) is 25.8 Å². The molecule has 2 aromatic heterocycles. The number of aromatic nitrogens is 3. The number of carbonyl (C=O) groups excluding carboxylic acids is 1. The number of halogens is 1. The number of benzene rings is 1. The van der Waals surface area contributed by atoms with Crippen LogP contribution >= 0.6 is 7.82 Å². The molecule has 4 rings (SSSR count). The zero-order chi connectivity index (χ0) is 36.9. The third kappa shape index (κ3) is 8.23. The Hall–Kier alpha value is -2.24. The van der Waals surface area contributed by atoms with Gasteiger partial charge in [0, 0.05) is 26.0 Å². The number of hydrogen-bond donors (Lipinski definition) is 2. The molecule has 0 saturated carbocycles. The van der Waals surface area contributed by atoms with Gasteiger partial charge in [0.1, 0.15) is 12.5 Å². The molecule has 2 N–H and O–H groups in total. The van der Waals surface area contributed by atoms with E-state index < -0.39 is 93.0 Å². The number of nitrogens with zero attached hydrogens (tertiary/aromatic N) is 4. The minimum Gasteiger partial charge on any atom is -0.790 e. The van der Waals surface area contributed by atoms with Crippen molar-refractivity contribution in [3.8, 4) is 23.0 Å². The van der Waals surface area contributed by atoms with Crippen molar-refractivity contribution < 1.29 is 118 Å². The molecule has 0 aliphatic carbocycles. The summed E-state index contributed by atoms with van der Waals surface area (Å²) in [6.07, 6.45) is -1.00. The van der Waals surface area contributed by atoms with Crippen LogP contribution in [0.5, 0.6) is 23.0 Å². The fourth-order valence-corrected chi connectivity index (χ4v) is 3.50. The van der Waals surface area contributed by atoms with Crippen LogP contribution < -0.4 is 103 Å².